The zero-order valence-corrected chi connectivity index (χ0v) is 16.0. The Bertz CT molecular complexity index is 603. The fourth-order valence-corrected chi connectivity index (χ4v) is 2.19. The molecule has 26 heavy (non-hydrogen) atoms. The van der Waals surface area contributed by atoms with Gasteiger partial charge in [0.25, 0.3) is 0 Å². The van der Waals surface area contributed by atoms with Crippen molar-refractivity contribution in [3.05, 3.63) is 35.9 Å². The zero-order chi connectivity index (χ0) is 19.2. The van der Waals surface area contributed by atoms with Crippen LogP contribution in [0.25, 0.3) is 0 Å². The maximum atomic E-state index is 12.3. The molecule has 5 nitrogen and oxygen atoms in total. The number of rotatable bonds is 10. The van der Waals surface area contributed by atoms with Crippen LogP contribution in [0.2, 0.25) is 0 Å². The maximum absolute atomic E-state index is 12.3. The van der Waals surface area contributed by atoms with E-state index >= 15 is 0 Å². The summed E-state index contributed by atoms with van der Waals surface area (Å²) in [7, 11) is 0. The molecule has 0 spiro atoms. The van der Waals surface area contributed by atoms with Gasteiger partial charge in [0.05, 0.1) is 0 Å². The average molecular weight is 358 g/mol. The first kappa shape index (κ1) is 21.6. The summed E-state index contributed by atoms with van der Waals surface area (Å²) in [5, 5.41) is 5.81. The van der Waals surface area contributed by atoms with Crippen LogP contribution in [0.15, 0.2) is 30.3 Å². The molecular formula is C21H30N2O3. The second kappa shape index (κ2) is 12.8. The SMILES string of the molecule is CCC(=O)NC(CCCCNC#CC(C)C)C(=O)OCc1ccccc1. The Labute approximate surface area is 156 Å². The normalized spacial score (nSPS) is 11.2. The quantitative estimate of drug-likeness (QED) is 0.292. The molecule has 0 radical (unpaired) electrons. The number of carbonyl (C=O) groups is 2. The summed E-state index contributed by atoms with van der Waals surface area (Å²) in [6, 6.07) is 11.8. The van der Waals surface area contributed by atoms with E-state index in [4.69, 9.17) is 4.74 Å². The molecule has 5 heteroatoms. The highest BCUT2D eigenvalue weighted by molar-refractivity contribution is 5.84. The van der Waals surface area contributed by atoms with Gasteiger partial charge < -0.3 is 15.4 Å². The number of esters is 1. The predicted molar refractivity (Wildman–Crippen MR) is 103 cm³/mol. The summed E-state index contributed by atoms with van der Waals surface area (Å²) >= 11 is 0. The molecule has 0 aliphatic heterocycles. The Morgan fingerprint density at radius 2 is 1.88 bits per heavy atom. The predicted octanol–water partition coefficient (Wildman–Crippen LogP) is 3.00. The van der Waals surface area contributed by atoms with Crippen LogP contribution in [0, 0.1) is 17.9 Å². The Morgan fingerprint density at radius 1 is 1.15 bits per heavy atom. The molecule has 0 saturated heterocycles. The molecule has 0 bridgehead atoms. The van der Waals surface area contributed by atoms with E-state index in [0.717, 1.165) is 24.9 Å². The molecule has 0 aliphatic rings. The van der Waals surface area contributed by atoms with Crippen molar-refractivity contribution in [1.29, 1.82) is 0 Å². The Kier molecular flexibility index (Phi) is 10.6. The molecule has 1 aromatic carbocycles. The third-order valence-corrected chi connectivity index (χ3v) is 3.66. The van der Waals surface area contributed by atoms with Crippen molar-refractivity contribution in [2.24, 2.45) is 5.92 Å². The summed E-state index contributed by atoms with van der Waals surface area (Å²) in [6.45, 7) is 6.81. The average Bonchev–Trinajstić information content (AvgIpc) is 2.64. The standard InChI is InChI=1S/C21H30N2O3/c1-4-20(24)23-19(12-8-9-14-22-15-13-17(2)3)21(25)26-16-18-10-6-5-7-11-18/h5-7,10-11,17,19,22H,4,8-9,12,14,16H2,1-3H3,(H,23,24). The van der Waals surface area contributed by atoms with Crippen molar-refractivity contribution >= 4 is 11.9 Å². The van der Waals surface area contributed by atoms with Gasteiger partial charge in [0.2, 0.25) is 5.91 Å². The van der Waals surface area contributed by atoms with Gasteiger partial charge in [0, 0.05) is 24.9 Å². The lowest BCUT2D eigenvalue weighted by molar-refractivity contribution is -0.149. The van der Waals surface area contributed by atoms with Crippen LogP contribution in [0.4, 0.5) is 0 Å². The van der Waals surface area contributed by atoms with E-state index in [2.05, 4.69) is 22.6 Å². The van der Waals surface area contributed by atoms with Gasteiger partial charge in [-0.2, -0.15) is 0 Å². The second-order valence-corrected chi connectivity index (χ2v) is 6.41. The molecule has 1 rings (SSSR count). The number of hydrogen-bond acceptors (Lipinski definition) is 4. The van der Waals surface area contributed by atoms with Gasteiger partial charge in [-0.05, 0) is 24.8 Å². The Balaban J connectivity index is 2.41. The number of ether oxygens (including phenoxy) is 1. The summed E-state index contributed by atoms with van der Waals surface area (Å²) in [4.78, 5) is 24.0. The number of hydrogen-bond donors (Lipinski definition) is 2. The smallest absolute Gasteiger partial charge is 0.328 e. The van der Waals surface area contributed by atoms with Gasteiger partial charge in [0.15, 0.2) is 0 Å². The lowest BCUT2D eigenvalue weighted by Crippen LogP contribution is -2.41. The molecule has 0 saturated carbocycles. The van der Waals surface area contributed by atoms with E-state index in [9.17, 15) is 9.59 Å². The molecule has 1 unspecified atom stereocenters. The van der Waals surface area contributed by atoms with Crippen LogP contribution in [-0.4, -0.2) is 24.5 Å². The maximum Gasteiger partial charge on any atom is 0.328 e. The third-order valence-electron chi connectivity index (χ3n) is 3.66. The van der Waals surface area contributed by atoms with Crippen LogP contribution in [0.3, 0.4) is 0 Å². The Hall–Kier alpha value is -2.48. The van der Waals surface area contributed by atoms with Crippen LogP contribution in [-0.2, 0) is 20.9 Å². The molecule has 0 fully saturated rings. The minimum atomic E-state index is -0.604. The highest BCUT2D eigenvalue weighted by Gasteiger charge is 2.21. The van der Waals surface area contributed by atoms with E-state index < -0.39 is 6.04 Å². The number of unbranched alkanes of at least 4 members (excludes halogenated alkanes) is 1. The summed E-state index contributed by atoms with van der Waals surface area (Å²) in [5.74, 6) is 2.85. The van der Waals surface area contributed by atoms with Gasteiger partial charge >= 0.3 is 5.97 Å². The highest BCUT2D eigenvalue weighted by Crippen LogP contribution is 2.07. The van der Waals surface area contributed by atoms with Gasteiger partial charge in [0.1, 0.15) is 12.6 Å². The molecular weight excluding hydrogens is 328 g/mol. The van der Waals surface area contributed by atoms with E-state index in [1.54, 1.807) is 6.92 Å². The monoisotopic (exact) mass is 358 g/mol. The van der Waals surface area contributed by atoms with Gasteiger partial charge in [-0.25, -0.2) is 4.79 Å². The number of carbonyl (C=O) groups excluding carboxylic acids is 2. The minimum absolute atomic E-state index is 0.146. The first-order chi connectivity index (χ1) is 12.5. The molecule has 0 aliphatic carbocycles. The molecule has 2 N–H and O–H groups in total. The van der Waals surface area contributed by atoms with Crippen LogP contribution in [0.5, 0.6) is 0 Å². The second-order valence-electron chi connectivity index (χ2n) is 6.41. The molecule has 1 aromatic rings. The summed E-state index contributed by atoms with van der Waals surface area (Å²) in [6.07, 6.45) is 2.57. The number of nitrogens with one attached hydrogen (secondary N) is 2. The van der Waals surface area contributed by atoms with Crippen LogP contribution in [0.1, 0.15) is 52.0 Å². The first-order valence-electron chi connectivity index (χ1n) is 9.26. The lowest BCUT2D eigenvalue weighted by atomic mass is 10.1. The zero-order valence-electron chi connectivity index (χ0n) is 16.0. The summed E-state index contributed by atoms with van der Waals surface area (Å²) < 4.78 is 5.37. The van der Waals surface area contributed by atoms with Crippen LogP contribution < -0.4 is 10.6 Å². The van der Waals surface area contributed by atoms with E-state index in [1.807, 2.05) is 44.2 Å². The lowest BCUT2D eigenvalue weighted by Gasteiger charge is -2.17. The molecule has 0 aromatic heterocycles. The van der Waals surface area contributed by atoms with E-state index in [1.165, 1.54) is 0 Å². The van der Waals surface area contributed by atoms with Gasteiger partial charge in [-0.15, -0.1) is 0 Å². The number of amides is 1. The van der Waals surface area contributed by atoms with E-state index in [-0.39, 0.29) is 18.5 Å². The third kappa shape index (κ3) is 9.73. The van der Waals surface area contributed by atoms with Crippen molar-refractivity contribution in [3.63, 3.8) is 0 Å². The molecule has 0 heterocycles. The fourth-order valence-electron chi connectivity index (χ4n) is 2.19. The van der Waals surface area contributed by atoms with Crippen molar-refractivity contribution in [1.82, 2.24) is 10.6 Å². The number of benzene rings is 1. The minimum Gasteiger partial charge on any atom is -0.459 e. The van der Waals surface area contributed by atoms with Crippen LogP contribution >= 0.6 is 0 Å². The van der Waals surface area contributed by atoms with Crippen molar-refractivity contribution < 1.29 is 14.3 Å². The fraction of sp³-hybridized carbons (Fsp3) is 0.524. The van der Waals surface area contributed by atoms with Crippen molar-refractivity contribution in [2.75, 3.05) is 6.54 Å². The molecule has 142 valence electrons. The van der Waals surface area contributed by atoms with Crippen molar-refractivity contribution in [2.45, 2.75) is 59.1 Å². The Morgan fingerprint density at radius 3 is 2.54 bits per heavy atom. The van der Waals surface area contributed by atoms with Gasteiger partial charge in [-0.1, -0.05) is 57.0 Å². The van der Waals surface area contributed by atoms with Crippen molar-refractivity contribution in [3.8, 4) is 12.0 Å². The first-order valence-corrected chi connectivity index (χ1v) is 9.26. The topological polar surface area (TPSA) is 67.4 Å². The van der Waals surface area contributed by atoms with E-state index in [0.29, 0.717) is 18.8 Å². The highest BCUT2D eigenvalue weighted by atomic mass is 16.5. The largest absolute Gasteiger partial charge is 0.459 e. The summed E-state index contributed by atoms with van der Waals surface area (Å²) in [5.41, 5.74) is 0.925. The van der Waals surface area contributed by atoms with Gasteiger partial charge in [-0.3, -0.25) is 4.79 Å². The molecule has 1 amide bonds. The molecule has 1 atom stereocenters.